The molecule has 0 aromatic heterocycles. The van der Waals surface area contributed by atoms with Gasteiger partial charge in [-0.3, -0.25) is 9.69 Å². The summed E-state index contributed by atoms with van der Waals surface area (Å²) in [5, 5.41) is 24.9. The van der Waals surface area contributed by atoms with E-state index in [-0.39, 0.29) is 42.1 Å². The topological polar surface area (TPSA) is 106 Å². The number of nitrogens with one attached hydrogen (secondary N) is 1. The molecule has 2 bridgehead atoms. The first kappa shape index (κ1) is 19.9. The van der Waals surface area contributed by atoms with Crippen molar-refractivity contribution in [3.05, 3.63) is 0 Å². The number of ether oxygens (including phenoxy) is 1. The third-order valence-corrected chi connectivity index (χ3v) is 6.83. The maximum Gasteiger partial charge on any atom is 0.410 e. The summed E-state index contributed by atoms with van der Waals surface area (Å²) in [5.74, 6) is -0.0893. The van der Waals surface area contributed by atoms with E-state index in [1.165, 1.54) is 5.06 Å². The average Bonchev–Trinajstić information content (AvgIpc) is 3.29. The molecule has 2 unspecified atom stereocenters. The molecule has 4 aliphatic rings. The molecular weight excluding hydrogens is 364 g/mol. The van der Waals surface area contributed by atoms with E-state index in [1.54, 1.807) is 11.8 Å². The number of nitrogens with zero attached hydrogens (tertiary/aromatic N) is 3. The molecule has 3 N–H and O–H groups in total. The molecule has 0 aromatic rings. The lowest BCUT2D eigenvalue weighted by atomic mass is 9.84. The Morgan fingerprint density at radius 1 is 1.21 bits per heavy atom. The average molecular weight is 396 g/mol. The van der Waals surface area contributed by atoms with Crippen molar-refractivity contribution in [3.8, 4) is 0 Å². The van der Waals surface area contributed by atoms with E-state index in [2.05, 4.69) is 5.32 Å². The number of aliphatic hydroxyl groups excluding tert-OH is 1. The van der Waals surface area contributed by atoms with Crippen LogP contribution in [0.15, 0.2) is 0 Å². The smallest absolute Gasteiger partial charge is 0.410 e. The molecule has 4 atom stereocenters. The van der Waals surface area contributed by atoms with E-state index >= 15 is 0 Å². The number of hydrogen-bond donors (Lipinski definition) is 3. The Balaban J connectivity index is 1.37. The van der Waals surface area contributed by atoms with E-state index in [0.717, 1.165) is 12.8 Å². The zero-order valence-corrected chi connectivity index (χ0v) is 17.1. The molecule has 3 saturated heterocycles. The lowest BCUT2D eigenvalue weighted by molar-refractivity contribution is -0.211. The maximum atomic E-state index is 13.1. The van der Waals surface area contributed by atoms with Gasteiger partial charge in [-0.15, -0.1) is 0 Å². The van der Waals surface area contributed by atoms with Crippen molar-refractivity contribution in [3.63, 3.8) is 0 Å². The minimum Gasteiger partial charge on any atom is -0.444 e. The Kier molecular flexibility index (Phi) is 4.46. The van der Waals surface area contributed by atoms with E-state index in [0.29, 0.717) is 26.1 Å². The summed E-state index contributed by atoms with van der Waals surface area (Å²) in [6.45, 7) is 8.47. The molecule has 4 fully saturated rings. The van der Waals surface area contributed by atoms with Crippen LogP contribution in [0.5, 0.6) is 0 Å². The molecule has 1 spiro atoms. The lowest BCUT2D eigenvalue weighted by Crippen LogP contribution is -2.65. The molecule has 0 radical (unpaired) electrons. The third kappa shape index (κ3) is 3.08. The number of rotatable bonds is 3. The summed E-state index contributed by atoms with van der Waals surface area (Å²) in [7, 11) is 0. The van der Waals surface area contributed by atoms with Gasteiger partial charge in [0.1, 0.15) is 11.3 Å². The van der Waals surface area contributed by atoms with E-state index in [1.807, 2.05) is 25.7 Å². The molecule has 1 saturated carbocycles. The van der Waals surface area contributed by atoms with Crippen LogP contribution in [-0.4, -0.2) is 92.8 Å². The first-order chi connectivity index (χ1) is 13.0. The number of piperidine rings is 1. The fourth-order valence-electron chi connectivity index (χ4n) is 4.91. The third-order valence-electron chi connectivity index (χ3n) is 6.83. The molecule has 9 nitrogen and oxygen atoms in total. The molecule has 1 aliphatic carbocycles. The SMILES string of the molecule is CC(C)(C)OC(=O)N1CC(NC(=O)[C@@H]2CC3(CC3)[C@@H]3CN2C(C)(CO)N3O)C1. The van der Waals surface area contributed by atoms with E-state index in [9.17, 15) is 19.9 Å². The number of aliphatic hydroxyl groups is 1. The molecule has 9 heteroatoms. The zero-order valence-electron chi connectivity index (χ0n) is 17.1. The van der Waals surface area contributed by atoms with Crippen LogP contribution in [0.3, 0.4) is 0 Å². The largest absolute Gasteiger partial charge is 0.444 e. The van der Waals surface area contributed by atoms with Crippen molar-refractivity contribution in [1.82, 2.24) is 20.2 Å². The second kappa shape index (κ2) is 6.29. The van der Waals surface area contributed by atoms with Crippen LogP contribution in [-0.2, 0) is 9.53 Å². The number of fused-ring (bicyclic) bond motifs is 3. The Morgan fingerprint density at radius 2 is 1.86 bits per heavy atom. The highest BCUT2D eigenvalue weighted by Gasteiger charge is 2.67. The van der Waals surface area contributed by atoms with Gasteiger partial charge in [0.05, 0.1) is 24.7 Å². The highest BCUT2D eigenvalue weighted by atomic mass is 16.6. The Bertz CT molecular complexity index is 670. The predicted molar refractivity (Wildman–Crippen MR) is 99.4 cm³/mol. The quantitative estimate of drug-likeness (QED) is 0.632. The summed E-state index contributed by atoms with van der Waals surface area (Å²) in [4.78, 5) is 28.6. The van der Waals surface area contributed by atoms with Crippen molar-refractivity contribution < 1.29 is 24.6 Å². The fraction of sp³-hybridized carbons (Fsp3) is 0.895. The second-order valence-electron chi connectivity index (χ2n) is 10.1. The molecule has 28 heavy (non-hydrogen) atoms. The number of carbonyl (C=O) groups is 2. The van der Waals surface area contributed by atoms with E-state index < -0.39 is 11.3 Å². The van der Waals surface area contributed by atoms with E-state index in [4.69, 9.17) is 4.74 Å². The molecule has 158 valence electrons. The first-order valence-corrected chi connectivity index (χ1v) is 10.1. The van der Waals surface area contributed by atoms with Gasteiger partial charge < -0.3 is 25.3 Å². The van der Waals surface area contributed by atoms with Gasteiger partial charge in [-0.1, -0.05) is 0 Å². The Hall–Kier alpha value is -1.42. The number of amides is 2. The van der Waals surface area contributed by atoms with Crippen molar-refractivity contribution in [2.24, 2.45) is 5.41 Å². The minimum absolute atomic E-state index is 0.0254. The lowest BCUT2D eigenvalue weighted by Gasteiger charge is -2.43. The predicted octanol–water partition coefficient (Wildman–Crippen LogP) is 0.358. The van der Waals surface area contributed by atoms with Gasteiger partial charge in [0.25, 0.3) is 0 Å². The zero-order chi connectivity index (χ0) is 20.5. The van der Waals surface area contributed by atoms with Gasteiger partial charge in [0.2, 0.25) is 5.91 Å². The fourth-order valence-corrected chi connectivity index (χ4v) is 4.91. The summed E-state index contributed by atoms with van der Waals surface area (Å²) in [6, 6.07) is -0.509. The van der Waals surface area contributed by atoms with Crippen LogP contribution in [0.1, 0.15) is 47.0 Å². The molecule has 0 aromatic carbocycles. The van der Waals surface area contributed by atoms with Crippen molar-refractivity contribution in [2.45, 2.75) is 76.3 Å². The van der Waals surface area contributed by atoms with Gasteiger partial charge in [-0.2, -0.15) is 5.06 Å². The standard InChI is InChI=1S/C19H32N4O5/c1-17(2,3)28-16(26)21-8-12(9-21)20-15(25)13-7-19(5-6-19)14-10-22(13)18(4,11-24)23(14)27/h12-14,24,27H,5-11H2,1-4H3,(H,20,25)/t13-,14-,18?/m0/s1. The van der Waals surface area contributed by atoms with Crippen molar-refractivity contribution >= 4 is 12.0 Å². The molecule has 4 rings (SSSR count). The van der Waals surface area contributed by atoms with Crippen molar-refractivity contribution in [2.75, 3.05) is 26.2 Å². The normalized spacial score (nSPS) is 36.9. The molecule has 2 amide bonds. The summed E-state index contributed by atoms with van der Waals surface area (Å²) < 4.78 is 5.35. The van der Waals surface area contributed by atoms with Gasteiger partial charge in [-0.25, -0.2) is 4.79 Å². The van der Waals surface area contributed by atoms with Crippen LogP contribution >= 0.6 is 0 Å². The molecule has 3 aliphatic heterocycles. The maximum absolute atomic E-state index is 13.1. The van der Waals surface area contributed by atoms with Gasteiger partial charge in [-0.05, 0) is 52.4 Å². The summed E-state index contributed by atoms with van der Waals surface area (Å²) in [5.41, 5.74) is -1.51. The van der Waals surface area contributed by atoms with Crippen LogP contribution < -0.4 is 5.32 Å². The number of hydroxylamine groups is 2. The minimum atomic E-state index is -0.944. The summed E-state index contributed by atoms with van der Waals surface area (Å²) in [6.07, 6.45) is 2.34. The van der Waals surface area contributed by atoms with Crippen LogP contribution in [0.2, 0.25) is 0 Å². The number of likely N-dealkylation sites (tertiary alicyclic amines) is 1. The van der Waals surface area contributed by atoms with Crippen LogP contribution in [0.25, 0.3) is 0 Å². The van der Waals surface area contributed by atoms with Gasteiger partial charge in [0.15, 0.2) is 0 Å². The molecular formula is C19H32N4O5. The highest BCUT2D eigenvalue weighted by molar-refractivity contribution is 5.83. The number of carbonyl (C=O) groups excluding carboxylic acids is 2. The van der Waals surface area contributed by atoms with Gasteiger partial charge >= 0.3 is 6.09 Å². The second-order valence-corrected chi connectivity index (χ2v) is 10.1. The Morgan fingerprint density at radius 3 is 2.39 bits per heavy atom. The van der Waals surface area contributed by atoms with Gasteiger partial charge in [0, 0.05) is 19.6 Å². The number of hydrogen-bond acceptors (Lipinski definition) is 7. The van der Waals surface area contributed by atoms with Crippen LogP contribution in [0.4, 0.5) is 4.79 Å². The van der Waals surface area contributed by atoms with Crippen molar-refractivity contribution in [1.29, 1.82) is 0 Å². The van der Waals surface area contributed by atoms with Crippen LogP contribution in [0, 0.1) is 5.41 Å². The first-order valence-electron chi connectivity index (χ1n) is 10.1. The highest BCUT2D eigenvalue weighted by Crippen LogP contribution is 2.60. The summed E-state index contributed by atoms with van der Waals surface area (Å²) >= 11 is 0. The monoisotopic (exact) mass is 396 g/mol. The molecule has 3 heterocycles. The Labute approximate surface area is 165 Å².